The number of carbonyl (C=O) groups is 1. The lowest BCUT2D eigenvalue weighted by Gasteiger charge is -2.24. The second-order valence-electron chi connectivity index (χ2n) is 5.94. The fourth-order valence-corrected chi connectivity index (χ4v) is 2.89. The summed E-state index contributed by atoms with van der Waals surface area (Å²) < 4.78 is 8.19. The quantitative estimate of drug-likeness (QED) is 0.853. The molecule has 1 aliphatic rings. The van der Waals surface area contributed by atoms with Gasteiger partial charge in [0.1, 0.15) is 6.10 Å². The number of amides is 1. The molecule has 0 spiro atoms. The first-order chi connectivity index (χ1) is 11.3. The minimum absolute atomic E-state index is 0.0934. The molecule has 0 bridgehead atoms. The highest BCUT2D eigenvalue weighted by atomic mass is 16.5. The van der Waals surface area contributed by atoms with E-state index < -0.39 is 0 Å². The molecule has 3 rings (SSSR count). The van der Waals surface area contributed by atoms with E-state index in [0.717, 1.165) is 25.1 Å². The van der Waals surface area contributed by atoms with E-state index in [1.54, 1.807) is 6.20 Å². The highest BCUT2D eigenvalue weighted by molar-refractivity contribution is 5.76. The van der Waals surface area contributed by atoms with Crippen molar-refractivity contribution < 1.29 is 9.53 Å². The number of fused-ring (bicyclic) bond motifs is 1. The van der Waals surface area contributed by atoms with E-state index in [2.05, 4.69) is 22.5 Å². The molecule has 2 aromatic heterocycles. The van der Waals surface area contributed by atoms with Crippen LogP contribution in [-0.2, 0) is 17.9 Å². The molecular formula is C18H23N3O2. The van der Waals surface area contributed by atoms with Crippen LogP contribution in [0.4, 0.5) is 0 Å². The van der Waals surface area contributed by atoms with Crippen molar-refractivity contribution in [3.63, 3.8) is 0 Å². The van der Waals surface area contributed by atoms with Crippen molar-refractivity contribution in [2.75, 3.05) is 6.54 Å². The zero-order valence-electron chi connectivity index (χ0n) is 13.5. The van der Waals surface area contributed by atoms with Gasteiger partial charge in [-0.3, -0.25) is 4.79 Å². The average molecular weight is 313 g/mol. The number of hydrogen-bond acceptors (Lipinski definition) is 3. The van der Waals surface area contributed by atoms with E-state index in [9.17, 15) is 4.79 Å². The van der Waals surface area contributed by atoms with E-state index in [1.807, 2.05) is 35.4 Å². The summed E-state index contributed by atoms with van der Waals surface area (Å²) in [6.45, 7) is 4.09. The molecule has 0 saturated heterocycles. The van der Waals surface area contributed by atoms with E-state index in [0.29, 0.717) is 25.4 Å². The van der Waals surface area contributed by atoms with Gasteiger partial charge in [0, 0.05) is 30.6 Å². The number of carbonyl (C=O) groups excluding carboxylic acids is 1. The summed E-state index contributed by atoms with van der Waals surface area (Å²) in [4.78, 5) is 18.6. The Kier molecular flexibility index (Phi) is 4.95. The summed E-state index contributed by atoms with van der Waals surface area (Å²) >= 11 is 0. The SMILES string of the molecule is CCCCC(=O)N1Cc2cccn2CC(Oc2ccccn2)C1. The van der Waals surface area contributed by atoms with Crippen LogP contribution in [0.2, 0.25) is 0 Å². The first-order valence-electron chi connectivity index (χ1n) is 8.25. The summed E-state index contributed by atoms with van der Waals surface area (Å²) in [6, 6.07) is 9.72. The molecule has 0 aromatic carbocycles. The molecule has 0 fully saturated rings. The molecule has 2 aromatic rings. The van der Waals surface area contributed by atoms with Crippen LogP contribution in [0.5, 0.6) is 5.88 Å². The Balaban J connectivity index is 1.76. The van der Waals surface area contributed by atoms with Crippen LogP contribution in [0.3, 0.4) is 0 Å². The molecule has 1 atom stereocenters. The largest absolute Gasteiger partial charge is 0.471 e. The molecule has 5 nitrogen and oxygen atoms in total. The highest BCUT2D eigenvalue weighted by Crippen LogP contribution is 2.18. The molecule has 122 valence electrons. The van der Waals surface area contributed by atoms with Gasteiger partial charge in [-0.15, -0.1) is 0 Å². The third-order valence-corrected chi connectivity index (χ3v) is 4.12. The van der Waals surface area contributed by atoms with Gasteiger partial charge >= 0.3 is 0 Å². The summed E-state index contributed by atoms with van der Waals surface area (Å²) in [5, 5.41) is 0. The van der Waals surface area contributed by atoms with Gasteiger partial charge in [-0.05, 0) is 24.6 Å². The molecule has 0 saturated carbocycles. The first kappa shape index (κ1) is 15.6. The third-order valence-electron chi connectivity index (χ3n) is 4.12. The smallest absolute Gasteiger partial charge is 0.223 e. The molecular weight excluding hydrogens is 290 g/mol. The molecule has 0 radical (unpaired) electrons. The molecule has 0 aliphatic carbocycles. The Hall–Kier alpha value is -2.30. The maximum atomic E-state index is 12.5. The van der Waals surface area contributed by atoms with Gasteiger partial charge < -0.3 is 14.2 Å². The number of ether oxygens (including phenoxy) is 1. The molecule has 1 aliphatic heterocycles. The molecule has 5 heteroatoms. The highest BCUT2D eigenvalue weighted by Gasteiger charge is 2.25. The Bertz CT molecular complexity index is 639. The van der Waals surface area contributed by atoms with Crippen LogP contribution < -0.4 is 4.74 Å². The number of unbranched alkanes of at least 4 members (excludes halogenated alkanes) is 1. The van der Waals surface area contributed by atoms with Crippen molar-refractivity contribution in [1.29, 1.82) is 0 Å². The van der Waals surface area contributed by atoms with Crippen molar-refractivity contribution in [1.82, 2.24) is 14.5 Å². The number of aromatic nitrogens is 2. The molecule has 0 N–H and O–H groups in total. The van der Waals surface area contributed by atoms with Crippen LogP contribution in [0.25, 0.3) is 0 Å². The molecule has 1 amide bonds. The maximum absolute atomic E-state index is 12.5. The number of pyridine rings is 1. The first-order valence-corrected chi connectivity index (χ1v) is 8.25. The van der Waals surface area contributed by atoms with E-state index in [1.165, 1.54) is 0 Å². The lowest BCUT2D eigenvalue weighted by molar-refractivity contribution is -0.133. The molecule has 23 heavy (non-hydrogen) atoms. The monoisotopic (exact) mass is 313 g/mol. The van der Waals surface area contributed by atoms with E-state index in [4.69, 9.17) is 4.74 Å². The predicted octanol–water partition coefficient (Wildman–Crippen LogP) is 2.86. The summed E-state index contributed by atoms with van der Waals surface area (Å²) in [6.07, 6.45) is 6.24. The lowest BCUT2D eigenvalue weighted by Crippen LogP contribution is -2.38. The maximum Gasteiger partial charge on any atom is 0.223 e. The average Bonchev–Trinajstić information content (AvgIpc) is 2.92. The van der Waals surface area contributed by atoms with Crippen LogP contribution in [0, 0.1) is 0 Å². The van der Waals surface area contributed by atoms with Gasteiger partial charge in [-0.25, -0.2) is 4.98 Å². The van der Waals surface area contributed by atoms with Crippen LogP contribution in [0.1, 0.15) is 31.9 Å². The second kappa shape index (κ2) is 7.31. The molecule has 3 heterocycles. The Labute approximate surface area is 136 Å². The van der Waals surface area contributed by atoms with Crippen LogP contribution in [0.15, 0.2) is 42.7 Å². The fourth-order valence-electron chi connectivity index (χ4n) is 2.89. The van der Waals surface area contributed by atoms with Gasteiger partial charge in [-0.2, -0.15) is 0 Å². The standard InChI is InChI=1S/C18H23N3O2/c1-2-3-9-18(22)21-12-15-7-6-11-20(15)13-16(14-21)23-17-8-4-5-10-19-17/h4-8,10-11,16H,2-3,9,12-14H2,1H3. The minimum Gasteiger partial charge on any atom is -0.471 e. The van der Waals surface area contributed by atoms with Gasteiger partial charge in [0.25, 0.3) is 0 Å². The predicted molar refractivity (Wildman–Crippen MR) is 88.0 cm³/mol. The minimum atomic E-state index is -0.0934. The van der Waals surface area contributed by atoms with Crippen LogP contribution >= 0.6 is 0 Å². The zero-order chi connectivity index (χ0) is 16.1. The topological polar surface area (TPSA) is 47.4 Å². The summed E-state index contributed by atoms with van der Waals surface area (Å²) in [5.74, 6) is 0.810. The van der Waals surface area contributed by atoms with Crippen molar-refractivity contribution in [2.24, 2.45) is 0 Å². The van der Waals surface area contributed by atoms with Crippen molar-refractivity contribution in [3.8, 4) is 5.88 Å². The summed E-state index contributed by atoms with van der Waals surface area (Å²) in [7, 11) is 0. The summed E-state index contributed by atoms with van der Waals surface area (Å²) in [5.41, 5.74) is 1.15. The van der Waals surface area contributed by atoms with Crippen molar-refractivity contribution in [3.05, 3.63) is 48.4 Å². The Morgan fingerprint density at radius 2 is 2.22 bits per heavy atom. The number of rotatable bonds is 5. The number of hydrogen-bond donors (Lipinski definition) is 0. The molecule has 1 unspecified atom stereocenters. The van der Waals surface area contributed by atoms with Gasteiger partial charge in [0.05, 0.1) is 19.6 Å². The Morgan fingerprint density at radius 3 is 3.00 bits per heavy atom. The van der Waals surface area contributed by atoms with Gasteiger partial charge in [-0.1, -0.05) is 19.4 Å². The number of nitrogens with zero attached hydrogens (tertiary/aromatic N) is 3. The second-order valence-corrected chi connectivity index (χ2v) is 5.94. The Morgan fingerprint density at radius 1 is 1.30 bits per heavy atom. The zero-order valence-corrected chi connectivity index (χ0v) is 13.5. The van der Waals surface area contributed by atoms with E-state index >= 15 is 0 Å². The lowest BCUT2D eigenvalue weighted by atomic mass is 10.2. The third kappa shape index (κ3) is 3.92. The normalized spacial score (nSPS) is 17.4. The van der Waals surface area contributed by atoms with Gasteiger partial charge in [0.2, 0.25) is 11.8 Å². The van der Waals surface area contributed by atoms with Gasteiger partial charge in [0.15, 0.2) is 0 Å². The fraction of sp³-hybridized carbons (Fsp3) is 0.444. The van der Waals surface area contributed by atoms with E-state index in [-0.39, 0.29) is 12.0 Å². The van der Waals surface area contributed by atoms with Crippen molar-refractivity contribution in [2.45, 2.75) is 45.4 Å². The van der Waals surface area contributed by atoms with Crippen molar-refractivity contribution >= 4 is 5.91 Å². The van der Waals surface area contributed by atoms with Crippen LogP contribution in [-0.4, -0.2) is 33.0 Å².